The zero-order valence-electron chi connectivity index (χ0n) is 13.1. The van der Waals surface area contributed by atoms with E-state index in [-0.39, 0.29) is 4.90 Å². The summed E-state index contributed by atoms with van der Waals surface area (Å²) in [6.45, 7) is 2.23. The third kappa shape index (κ3) is 5.24. The van der Waals surface area contributed by atoms with Crippen LogP contribution in [0.25, 0.3) is 0 Å². The number of rotatable bonds is 6. The van der Waals surface area contributed by atoms with Crippen molar-refractivity contribution in [1.82, 2.24) is 15.0 Å². The van der Waals surface area contributed by atoms with E-state index in [0.29, 0.717) is 32.8 Å². The van der Waals surface area contributed by atoms with Crippen molar-refractivity contribution in [2.75, 3.05) is 6.54 Å². The molecule has 0 bridgehead atoms. The van der Waals surface area contributed by atoms with E-state index < -0.39 is 16.1 Å². The third-order valence-electron chi connectivity index (χ3n) is 2.93. The van der Waals surface area contributed by atoms with E-state index in [1.54, 1.807) is 18.2 Å². The SMILES string of the molecule is CCCNC(=O)NS(=O)(=O)c1cnccc1Sc1c(Cl)cccc1Cl. The second kappa shape index (κ2) is 8.75. The maximum Gasteiger partial charge on any atom is 0.328 e. The molecule has 0 unspecified atom stereocenters. The lowest BCUT2D eigenvalue weighted by molar-refractivity contribution is 0.246. The van der Waals surface area contributed by atoms with Gasteiger partial charge in [-0.25, -0.2) is 17.9 Å². The average molecular weight is 420 g/mol. The molecule has 10 heteroatoms. The average Bonchev–Trinajstić information content (AvgIpc) is 2.56. The number of hydrogen-bond acceptors (Lipinski definition) is 5. The quantitative estimate of drug-likeness (QED) is 0.739. The molecule has 0 spiro atoms. The van der Waals surface area contributed by atoms with Crippen molar-refractivity contribution in [3.05, 3.63) is 46.7 Å². The topological polar surface area (TPSA) is 88.2 Å². The monoisotopic (exact) mass is 419 g/mol. The van der Waals surface area contributed by atoms with Crippen molar-refractivity contribution in [2.24, 2.45) is 0 Å². The molecule has 2 N–H and O–H groups in total. The molecule has 0 aliphatic rings. The van der Waals surface area contributed by atoms with Gasteiger partial charge in [0.25, 0.3) is 10.0 Å². The number of aromatic nitrogens is 1. The molecule has 0 radical (unpaired) electrons. The number of pyridine rings is 1. The van der Waals surface area contributed by atoms with Crippen molar-refractivity contribution >= 4 is 51.0 Å². The van der Waals surface area contributed by atoms with Gasteiger partial charge in [-0.2, -0.15) is 0 Å². The summed E-state index contributed by atoms with van der Waals surface area (Å²) in [5.74, 6) is 0. The summed E-state index contributed by atoms with van der Waals surface area (Å²) in [5, 5.41) is 3.24. The van der Waals surface area contributed by atoms with Gasteiger partial charge in [-0.15, -0.1) is 0 Å². The number of nitrogens with one attached hydrogen (secondary N) is 2. The number of nitrogens with zero attached hydrogens (tertiary/aromatic N) is 1. The van der Waals surface area contributed by atoms with Gasteiger partial charge in [-0.3, -0.25) is 4.98 Å². The molecule has 1 heterocycles. The van der Waals surface area contributed by atoms with Gasteiger partial charge in [0.15, 0.2) is 0 Å². The number of urea groups is 1. The van der Waals surface area contributed by atoms with E-state index in [2.05, 4.69) is 10.3 Å². The van der Waals surface area contributed by atoms with E-state index in [1.165, 1.54) is 18.5 Å². The summed E-state index contributed by atoms with van der Waals surface area (Å²) in [4.78, 5) is 16.3. The van der Waals surface area contributed by atoms with Gasteiger partial charge in [0.05, 0.1) is 10.0 Å². The summed E-state index contributed by atoms with van der Waals surface area (Å²) in [6.07, 6.45) is 3.30. The van der Waals surface area contributed by atoms with Crippen LogP contribution in [0.15, 0.2) is 51.3 Å². The van der Waals surface area contributed by atoms with E-state index >= 15 is 0 Å². The molecule has 6 nitrogen and oxygen atoms in total. The van der Waals surface area contributed by atoms with E-state index in [1.807, 2.05) is 11.6 Å². The maximum absolute atomic E-state index is 12.5. The molecule has 0 saturated carbocycles. The molecule has 0 atom stereocenters. The van der Waals surface area contributed by atoms with E-state index in [0.717, 1.165) is 11.8 Å². The number of amides is 2. The second-order valence-electron chi connectivity index (χ2n) is 4.84. The lowest BCUT2D eigenvalue weighted by Crippen LogP contribution is -2.39. The molecule has 134 valence electrons. The Morgan fingerprint density at radius 3 is 2.56 bits per heavy atom. The lowest BCUT2D eigenvalue weighted by atomic mass is 10.4. The van der Waals surface area contributed by atoms with Gasteiger partial charge in [0.1, 0.15) is 4.90 Å². The number of halogens is 2. The smallest absolute Gasteiger partial charge is 0.328 e. The van der Waals surface area contributed by atoms with Gasteiger partial charge in [0, 0.05) is 28.7 Å². The molecule has 0 aliphatic heterocycles. The van der Waals surface area contributed by atoms with E-state index in [9.17, 15) is 13.2 Å². The summed E-state index contributed by atoms with van der Waals surface area (Å²) >= 11 is 13.4. The number of carbonyl (C=O) groups excluding carboxylic acids is 1. The minimum atomic E-state index is -4.10. The van der Waals surface area contributed by atoms with Crippen LogP contribution in [0.4, 0.5) is 4.79 Å². The van der Waals surface area contributed by atoms with Crippen LogP contribution in [0.2, 0.25) is 10.0 Å². The standard InChI is InChI=1S/C15H15Cl2N3O3S2/c1-2-7-19-15(21)20-25(22,23)13-9-18-8-6-12(13)24-14-10(16)4-3-5-11(14)17/h3-6,8-9H,2,7H2,1H3,(H2,19,20,21). The van der Waals surface area contributed by atoms with Crippen LogP contribution >= 0.6 is 35.0 Å². The van der Waals surface area contributed by atoms with Crippen LogP contribution in [-0.2, 0) is 10.0 Å². The molecule has 25 heavy (non-hydrogen) atoms. The first-order valence-corrected chi connectivity index (χ1v) is 10.3. The Bertz CT molecular complexity index is 856. The Hall–Kier alpha value is -1.48. The first kappa shape index (κ1) is 19.8. The molecular weight excluding hydrogens is 405 g/mol. The number of carbonyl (C=O) groups is 1. The Morgan fingerprint density at radius 2 is 1.92 bits per heavy atom. The predicted octanol–water partition coefficient (Wildman–Crippen LogP) is 3.94. The fourth-order valence-electron chi connectivity index (χ4n) is 1.79. The van der Waals surface area contributed by atoms with Gasteiger partial charge in [-0.1, -0.05) is 48.0 Å². The Kier molecular flexibility index (Phi) is 6.95. The molecule has 2 rings (SSSR count). The third-order valence-corrected chi connectivity index (χ3v) is 6.49. The van der Waals surface area contributed by atoms with Crippen LogP contribution in [0.5, 0.6) is 0 Å². The number of sulfonamides is 1. The highest BCUT2D eigenvalue weighted by Crippen LogP contribution is 2.40. The normalized spacial score (nSPS) is 11.2. The predicted molar refractivity (Wildman–Crippen MR) is 98.8 cm³/mol. The van der Waals surface area contributed by atoms with Gasteiger partial charge in [-0.05, 0) is 24.6 Å². The summed E-state index contributed by atoms with van der Waals surface area (Å²) in [5.41, 5.74) is 0. The van der Waals surface area contributed by atoms with Gasteiger partial charge in [0.2, 0.25) is 0 Å². The van der Waals surface area contributed by atoms with Crippen molar-refractivity contribution in [2.45, 2.75) is 28.0 Å². The molecule has 1 aromatic carbocycles. The fourth-order valence-corrected chi connectivity index (χ4v) is 4.67. The fraction of sp³-hybridized carbons (Fsp3) is 0.200. The highest BCUT2D eigenvalue weighted by molar-refractivity contribution is 8.00. The molecule has 1 aromatic heterocycles. The van der Waals surface area contributed by atoms with Crippen LogP contribution < -0.4 is 10.0 Å². The van der Waals surface area contributed by atoms with Crippen LogP contribution in [-0.4, -0.2) is 26.0 Å². The lowest BCUT2D eigenvalue weighted by Gasteiger charge is -2.12. The van der Waals surface area contributed by atoms with Crippen molar-refractivity contribution in [1.29, 1.82) is 0 Å². The van der Waals surface area contributed by atoms with Crippen LogP contribution in [0, 0.1) is 0 Å². The highest BCUT2D eigenvalue weighted by atomic mass is 35.5. The first-order chi connectivity index (χ1) is 11.8. The highest BCUT2D eigenvalue weighted by Gasteiger charge is 2.23. The first-order valence-electron chi connectivity index (χ1n) is 7.21. The summed E-state index contributed by atoms with van der Waals surface area (Å²) in [6, 6.07) is 5.72. The number of hydrogen-bond donors (Lipinski definition) is 2. The zero-order valence-corrected chi connectivity index (χ0v) is 16.3. The van der Waals surface area contributed by atoms with Crippen LogP contribution in [0.3, 0.4) is 0 Å². The molecule has 2 aromatic rings. The van der Waals surface area contributed by atoms with Gasteiger partial charge < -0.3 is 5.32 Å². The zero-order chi connectivity index (χ0) is 18.4. The van der Waals surface area contributed by atoms with E-state index in [4.69, 9.17) is 23.2 Å². The summed E-state index contributed by atoms with van der Waals surface area (Å²) in [7, 11) is -4.10. The van der Waals surface area contributed by atoms with Crippen molar-refractivity contribution in [3.63, 3.8) is 0 Å². The number of benzene rings is 1. The Morgan fingerprint density at radius 1 is 1.24 bits per heavy atom. The van der Waals surface area contributed by atoms with Gasteiger partial charge >= 0.3 is 6.03 Å². The van der Waals surface area contributed by atoms with Crippen LogP contribution in [0.1, 0.15) is 13.3 Å². The molecule has 0 aliphatic carbocycles. The Labute approximate surface area is 160 Å². The minimum Gasteiger partial charge on any atom is -0.337 e. The van der Waals surface area contributed by atoms with Crippen molar-refractivity contribution < 1.29 is 13.2 Å². The molecule has 0 fully saturated rings. The molecular formula is C15H15Cl2N3O3S2. The molecule has 2 amide bonds. The van der Waals surface area contributed by atoms with Crippen molar-refractivity contribution in [3.8, 4) is 0 Å². The summed E-state index contributed by atoms with van der Waals surface area (Å²) < 4.78 is 27.0. The largest absolute Gasteiger partial charge is 0.337 e. The molecule has 0 saturated heterocycles. The Balaban J connectivity index is 2.33. The maximum atomic E-state index is 12.5. The second-order valence-corrected chi connectivity index (χ2v) is 8.35. The minimum absolute atomic E-state index is 0.136.